The Morgan fingerprint density at radius 1 is 0.895 bits per heavy atom. The highest BCUT2D eigenvalue weighted by molar-refractivity contribution is 7.21. The van der Waals surface area contributed by atoms with Gasteiger partial charge in [-0.2, -0.15) is 0 Å². The molecule has 0 aliphatic rings. The third-order valence-electron chi connectivity index (χ3n) is 3.74. The van der Waals surface area contributed by atoms with Gasteiger partial charge >= 0.3 is 0 Å². The molecule has 0 spiro atoms. The summed E-state index contributed by atoms with van der Waals surface area (Å²) in [5, 5.41) is 2.84. The van der Waals surface area contributed by atoms with Gasteiger partial charge in [0.25, 0.3) is 0 Å². The van der Waals surface area contributed by atoms with Crippen LogP contribution >= 0.6 is 0 Å². The van der Waals surface area contributed by atoms with E-state index >= 15 is 0 Å². The van der Waals surface area contributed by atoms with E-state index in [0.29, 0.717) is 11.8 Å². The smallest absolute Gasteiger partial charge is 0.190 e. The average Bonchev–Trinajstić information content (AvgIpc) is 2.48. The van der Waals surface area contributed by atoms with Crippen molar-refractivity contribution in [3.05, 3.63) is 60.7 Å². The van der Waals surface area contributed by atoms with Crippen LogP contribution in [0.25, 0.3) is 0 Å². The molecule has 0 N–H and O–H groups in total. The molecule has 0 atom stereocenters. The lowest BCUT2D eigenvalue weighted by atomic mass is 10.3. The first-order chi connectivity index (χ1) is 9.19. The second-order valence-corrected chi connectivity index (χ2v) is 8.99. The zero-order valence-corrected chi connectivity index (χ0v) is 12.6. The van der Waals surface area contributed by atoms with E-state index in [9.17, 15) is 4.79 Å². The molecule has 98 valence electrons. The van der Waals surface area contributed by atoms with Crippen molar-refractivity contribution >= 4 is 23.9 Å². The van der Waals surface area contributed by atoms with Crippen molar-refractivity contribution in [2.45, 2.75) is 26.3 Å². The van der Waals surface area contributed by atoms with Crippen LogP contribution in [0.4, 0.5) is 0 Å². The van der Waals surface area contributed by atoms with Gasteiger partial charge in [0.15, 0.2) is 8.07 Å². The molecule has 2 aromatic rings. The number of carbonyl (C=O) groups is 1. The van der Waals surface area contributed by atoms with Gasteiger partial charge in [-0.25, -0.2) is 0 Å². The zero-order chi connectivity index (χ0) is 13.7. The van der Waals surface area contributed by atoms with E-state index in [1.807, 2.05) is 36.4 Å². The Labute approximate surface area is 116 Å². The summed E-state index contributed by atoms with van der Waals surface area (Å²) in [4.78, 5) is 12.7. The second kappa shape index (κ2) is 5.98. The maximum absolute atomic E-state index is 12.7. The fraction of sp³-hybridized carbons (Fsp3) is 0.235. The Balaban J connectivity index is 2.54. The summed E-state index contributed by atoms with van der Waals surface area (Å²) in [6.45, 7) is 4.25. The molecular weight excluding hydrogens is 248 g/mol. The summed E-state index contributed by atoms with van der Waals surface area (Å²) < 4.78 is 0. The van der Waals surface area contributed by atoms with Gasteiger partial charge in [0.1, 0.15) is 5.41 Å². The highest BCUT2D eigenvalue weighted by Crippen LogP contribution is 2.10. The molecule has 0 saturated heterocycles. The minimum atomic E-state index is -2.26. The quantitative estimate of drug-likeness (QED) is 0.762. The van der Waals surface area contributed by atoms with Crippen molar-refractivity contribution < 1.29 is 4.79 Å². The fourth-order valence-corrected chi connectivity index (χ4v) is 5.95. The Hall–Kier alpha value is -1.67. The minimum Gasteiger partial charge on any atom is -0.305 e. The summed E-state index contributed by atoms with van der Waals surface area (Å²) >= 11 is 0. The Bertz CT molecular complexity index is 494. The van der Waals surface area contributed by atoms with E-state index in [1.54, 1.807) is 0 Å². The molecule has 0 bridgehead atoms. The van der Waals surface area contributed by atoms with E-state index in [0.717, 1.165) is 6.42 Å². The van der Waals surface area contributed by atoms with Crippen LogP contribution in [0, 0.1) is 0 Å². The van der Waals surface area contributed by atoms with E-state index in [4.69, 9.17) is 0 Å². The molecule has 0 aromatic heterocycles. The Kier molecular flexibility index (Phi) is 4.33. The van der Waals surface area contributed by atoms with E-state index in [2.05, 4.69) is 37.7 Å². The molecular formula is C17H20OSi. The summed E-state index contributed by atoms with van der Waals surface area (Å²) in [5.41, 5.74) is 0. The summed E-state index contributed by atoms with van der Waals surface area (Å²) in [6.07, 6.45) is 1.59. The number of carbonyl (C=O) groups excluding carboxylic acids is 1. The zero-order valence-electron chi connectivity index (χ0n) is 11.6. The van der Waals surface area contributed by atoms with Crippen molar-refractivity contribution in [2.24, 2.45) is 0 Å². The number of rotatable bonds is 5. The van der Waals surface area contributed by atoms with Crippen molar-refractivity contribution in [1.29, 1.82) is 0 Å². The number of hydrogen-bond acceptors (Lipinski definition) is 1. The molecule has 1 nitrogen and oxygen atoms in total. The topological polar surface area (TPSA) is 17.1 Å². The first-order valence-electron chi connectivity index (χ1n) is 6.84. The van der Waals surface area contributed by atoms with Crippen molar-refractivity contribution in [3.8, 4) is 0 Å². The molecule has 2 aromatic carbocycles. The van der Waals surface area contributed by atoms with Gasteiger partial charge in [-0.1, -0.05) is 74.1 Å². The predicted octanol–water partition coefficient (Wildman–Crippen LogP) is 2.79. The highest BCUT2D eigenvalue weighted by Gasteiger charge is 2.38. The van der Waals surface area contributed by atoms with Gasteiger partial charge in [0, 0.05) is 6.42 Å². The third-order valence-corrected chi connectivity index (χ3v) is 8.08. The molecule has 0 saturated carbocycles. The predicted molar refractivity (Wildman–Crippen MR) is 83.7 cm³/mol. The van der Waals surface area contributed by atoms with Gasteiger partial charge in [0.05, 0.1) is 0 Å². The lowest BCUT2D eigenvalue weighted by molar-refractivity contribution is -0.112. The largest absolute Gasteiger partial charge is 0.305 e. The molecule has 2 heteroatoms. The van der Waals surface area contributed by atoms with Gasteiger partial charge in [0.2, 0.25) is 0 Å². The van der Waals surface area contributed by atoms with Crippen LogP contribution in [0.15, 0.2) is 60.7 Å². The van der Waals surface area contributed by atoms with Crippen molar-refractivity contribution in [2.75, 3.05) is 0 Å². The van der Waals surface area contributed by atoms with Crippen LogP contribution in [0.1, 0.15) is 19.8 Å². The lowest BCUT2D eigenvalue weighted by Crippen LogP contribution is -2.62. The van der Waals surface area contributed by atoms with Crippen molar-refractivity contribution in [1.82, 2.24) is 0 Å². The molecule has 0 heterocycles. The van der Waals surface area contributed by atoms with Gasteiger partial charge in [-0.05, 0) is 16.8 Å². The third kappa shape index (κ3) is 2.69. The molecule has 0 radical (unpaired) electrons. The Morgan fingerprint density at radius 3 is 1.68 bits per heavy atom. The van der Waals surface area contributed by atoms with E-state index in [1.165, 1.54) is 10.4 Å². The monoisotopic (exact) mass is 268 g/mol. The molecule has 2 rings (SSSR count). The molecule has 0 aliphatic carbocycles. The molecule has 0 aliphatic heterocycles. The molecule has 19 heavy (non-hydrogen) atoms. The highest BCUT2D eigenvalue weighted by atomic mass is 28.3. The summed E-state index contributed by atoms with van der Waals surface area (Å²) in [6, 6.07) is 20.6. The van der Waals surface area contributed by atoms with Crippen molar-refractivity contribution in [3.63, 3.8) is 0 Å². The molecule has 0 unspecified atom stereocenters. The SMILES string of the molecule is CCCC(=O)[Si](C)(c1ccccc1)c1ccccc1. The van der Waals surface area contributed by atoms with Gasteiger partial charge < -0.3 is 4.79 Å². The summed E-state index contributed by atoms with van der Waals surface area (Å²) in [7, 11) is -2.26. The number of benzene rings is 2. The van der Waals surface area contributed by atoms with Crippen LogP contribution in [0.3, 0.4) is 0 Å². The Morgan fingerprint density at radius 2 is 1.32 bits per heavy atom. The van der Waals surface area contributed by atoms with Crippen LogP contribution < -0.4 is 10.4 Å². The average molecular weight is 268 g/mol. The summed E-state index contributed by atoms with van der Waals surface area (Å²) in [5.74, 6) is 0. The first-order valence-corrected chi connectivity index (χ1v) is 9.34. The van der Waals surface area contributed by atoms with Crippen LogP contribution in [0.5, 0.6) is 0 Å². The maximum Gasteiger partial charge on any atom is 0.190 e. The standard InChI is InChI=1S/C17H20OSi/c1-3-10-17(18)19(2,15-11-6-4-7-12-15)16-13-8-5-9-14-16/h4-9,11-14H,3,10H2,1-2H3. The van der Waals surface area contributed by atoms with E-state index in [-0.39, 0.29) is 0 Å². The minimum absolute atomic E-state index is 0.424. The fourth-order valence-electron chi connectivity index (χ4n) is 2.51. The molecule has 0 fully saturated rings. The lowest BCUT2D eigenvalue weighted by Gasteiger charge is -2.26. The van der Waals surface area contributed by atoms with Gasteiger partial charge in [-0.15, -0.1) is 0 Å². The normalized spacial score (nSPS) is 11.3. The molecule has 0 amide bonds. The van der Waals surface area contributed by atoms with Gasteiger partial charge in [-0.3, -0.25) is 0 Å². The van der Waals surface area contributed by atoms with Crippen LogP contribution in [-0.4, -0.2) is 13.5 Å². The van der Waals surface area contributed by atoms with Crippen LogP contribution in [0.2, 0.25) is 6.55 Å². The first kappa shape index (κ1) is 13.8. The van der Waals surface area contributed by atoms with Crippen LogP contribution in [-0.2, 0) is 4.79 Å². The number of hydrogen-bond donors (Lipinski definition) is 0. The second-order valence-electron chi connectivity index (χ2n) is 5.03. The van der Waals surface area contributed by atoms with E-state index < -0.39 is 8.07 Å². The maximum atomic E-state index is 12.7.